The number of benzene rings is 2. The number of hydrogen-bond acceptors (Lipinski definition) is 6. The van der Waals surface area contributed by atoms with E-state index in [0.717, 1.165) is 42.9 Å². The molecule has 2 aromatic rings. The lowest BCUT2D eigenvalue weighted by Crippen LogP contribution is -2.55. The van der Waals surface area contributed by atoms with Crippen molar-refractivity contribution >= 4 is 12.0 Å². The molecule has 2 amide bonds. The first kappa shape index (κ1) is 26.5. The highest BCUT2D eigenvalue weighted by molar-refractivity contribution is 5.86. The van der Waals surface area contributed by atoms with Gasteiger partial charge in [-0.25, -0.2) is 4.79 Å². The maximum Gasteiger partial charge on any atom is 0.410 e. The van der Waals surface area contributed by atoms with Gasteiger partial charge in [-0.1, -0.05) is 24.3 Å². The van der Waals surface area contributed by atoms with Gasteiger partial charge in [0.25, 0.3) is 0 Å². The topological polar surface area (TPSA) is 86.1 Å². The van der Waals surface area contributed by atoms with Gasteiger partial charge in [0.1, 0.15) is 24.0 Å². The number of nitrogens with zero attached hydrogens (tertiary/aromatic N) is 4. The summed E-state index contributed by atoms with van der Waals surface area (Å²) in [7, 11) is 0. The molecule has 4 rings (SSSR count). The maximum atomic E-state index is 13.2. The van der Waals surface area contributed by atoms with Crippen LogP contribution in [0, 0.1) is 11.3 Å². The van der Waals surface area contributed by atoms with Crippen LogP contribution in [-0.2, 0) is 9.53 Å². The molecule has 0 radical (unpaired) electrons. The number of nitriles is 1. The molecule has 0 saturated carbocycles. The summed E-state index contributed by atoms with van der Waals surface area (Å²) in [5.74, 6) is 0.844. The Morgan fingerprint density at radius 3 is 2.16 bits per heavy atom. The fourth-order valence-corrected chi connectivity index (χ4v) is 4.74. The third-order valence-corrected chi connectivity index (χ3v) is 6.73. The van der Waals surface area contributed by atoms with Crippen LogP contribution in [0.3, 0.4) is 0 Å². The van der Waals surface area contributed by atoms with E-state index in [1.165, 1.54) is 0 Å². The minimum Gasteiger partial charge on any atom is -0.492 e. The van der Waals surface area contributed by atoms with Gasteiger partial charge in [0.05, 0.1) is 11.6 Å². The Morgan fingerprint density at radius 1 is 0.946 bits per heavy atom. The number of carbonyl (C=O) groups is 2. The molecule has 0 aliphatic carbocycles. The van der Waals surface area contributed by atoms with Crippen LogP contribution in [0.25, 0.3) is 11.1 Å². The third kappa shape index (κ3) is 7.01. The van der Waals surface area contributed by atoms with Gasteiger partial charge in [0.15, 0.2) is 0 Å². The van der Waals surface area contributed by atoms with Crippen LogP contribution in [0.1, 0.15) is 39.2 Å². The van der Waals surface area contributed by atoms with Crippen LogP contribution in [0.2, 0.25) is 0 Å². The van der Waals surface area contributed by atoms with Gasteiger partial charge in [-0.15, -0.1) is 0 Å². The van der Waals surface area contributed by atoms with E-state index >= 15 is 0 Å². The first-order valence-corrected chi connectivity index (χ1v) is 13.0. The van der Waals surface area contributed by atoms with E-state index in [-0.39, 0.29) is 5.91 Å². The molecule has 0 aromatic heterocycles. The zero-order valence-corrected chi connectivity index (χ0v) is 22.0. The van der Waals surface area contributed by atoms with Crippen molar-refractivity contribution in [2.75, 3.05) is 45.9 Å². The summed E-state index contributed by atoms with van der Waals surface area (Å²) in [6.07, 6.45) is 1.11. The number of carbonyl (C=O) groups excluding carboxylic acids is 2. The highest BCUT2D eigenvalue weighted by Crippen LogP contribution is 2.24. The molecule has 0 bridgehead atoms. The van der Waals surface area contributed by atoms with Crippen LogP contribution >= 0.6 is 0 Å². The molecule has 8 nitrogen and oxygen atoms in total. The molecule has 0 unspecified atom stereocenters. The van der Waals surface area contributed by atoms with Crippen molar-refractivity contribution in [2.45, 2.75) is 45.3 Å². The summed E-state index contributed by atoms with van der Waals surface area (Å²) < 4.78 is 11.5. The fourth-order valence-electron chi connectivity index (χ4n) is 4.74. The number of hydrogen-bond donors (Lipinski definition) is 0. The van der Waals surface area contributed by atoms with Crippen molar-refractivity contribution in [3.63, 3.8) is 0 Å². The molecule has 2 fully saturated rings. The average molecular weight is 505 g/mol. The van der Waals surface area contributed by atoms with E-state index < -0.39 is 17.7 Å². The van der Waals surface area contributed by atoms with E-state index in [1.807, 2.05) is 74.2 Å². The SMILES string of the molecule is CC(C)(C)OC(=O)N1CCC[C@H]1C(=O)N1CCN(CCOc2ccc(-c3ccc(C#N)cc3)cc2)CC1. The molecule has 2 heterocycles. The Balaban J connectivity index is 1.20. The van der Waals surface area contributed by atoms with Crippen LogP contribution in [0.15, 0.2) is 48.5 Å². The van der Waals surface area contributed by atoms with Crippen molar-refractivity contribution < 1.29 is 19.1 Å². The number of likely N-dealkylation sites (tertiary alicyclic amines) is 1. The summed E-state index contributed by atoms with van der Waals surface area (Å²) >= 11 is 0. The van der Waals surface area contributed by atoms with E-state index in [0.29, 0.717) is 38.2 Å². The van der Waals surface area contributed by atoms with E-state index in [9.17, 15) is 9.59 Å². The Kier molecular flexibility index (Phi) is 8.34. The van der Waals surface area contributed by atoms with Crippen LogP contribution < -0.4 is 4.74 Å². The zero-order chi connectivity index (χ0) is 26.4. The molecule has 0 N–H and O–H groups in total. The molecule has 37 heavy (non-hydrogen) atoms. The summed E-state index contributed by atoms with van der Waals surface area (Å²) in [6, 6.07) is 17.2. The minimum absolute atomic E-state index is 0.0293. The van der Waals surface area contributed by atoms with Crippen LogP contribution in [-0.4, -0.2) is 84.2 Å². The quantitative estimate of drug-likeness (QED) is 0.588. The molecule has 1 atom stereocenters. The van der Waals surface area contributed by atoms with Gasteiger partial charge in [0, 0.05) is 39.3 Å². The largest absolute Gasteiger partial charge is 0.492 e. The highest BCUT2D eigenvalue weighted by atomic mass is 16.6. The standard InChI is InChI=1S/C29H36N4O4/c1-29(2,3)37-28(35)33-14-4-5-26(33)27(34)32-17-15-31(16-18-32)19-20-36-25-12-10-24(11-13-25)23-8-6-22(21-30)7-9-23/h6-13,26H,4-5,14-20H2,1-3H3/t26-/m0/s1. The summed E-state index contributed by atoms with van der Waals surface area (Å²) in [5, 5.41) is 8.95. The minimum atomic E-state index is -0.575. The second kappa shape index (κ2) is 11.7. The predicted molar refractivity (Wildman–Crippen MR) is 141 cm³/mol. The lowest BCUT2D eigenvalue weighted by molar-refractivity contribution is -0.137. The van der Waals surface area contributed by atoms with E-state index in [4.69, 9.17) is 14.7 Å². The first-order valence-electron chi connectivity index (χ1n) is 13.0. The maximum absolute atomic E-state index is 13.2. The Morgan fingerprint density at radius 2 is 1.57 bits per heavy atom. The molecule has 2 aromatic carbocycles. The van der Waals surface area contributed by atoms with E-state index in [1.54, 1.807) is 4.90 Å². The Labute approximate surface area is 219 Å². The highest BCUT2D eigenvalue weighted by Gasteiger charge is 2.39. The normalized spacial score (nSPS) is 18.4. The third-order valence-electron chi connectivity index (χ3n) is 6.73. The van der Waals surface area contributed by atoms with Crippen molar-refractivity contribution in [1.29, 1.82) is 5.26 Å². The van der Waals surface area contributed by atoms with E-state index in [2.05, 4.69) is 11.0 Å². The zero-order valence-electron chi connectivity index (χ0n) is 22.0. The molecular weight excluding hydrogens is 468 g/mol. The van der Waals surface area contributed by atoms with Gasteiger partial charge in [-0.05, 0) is 69.0 Å². The first-order chi connectivity index (χ1) is 17.7. The van der Waals surface area contributed by atoms with Gasteiger partial charge in [-0.2, -0.15) is 5.26 Å². The molecule has 2 aliphatic heterocycles. The molecule has 196 valence electrons. The van der Waals surface area contributed by atoms with Gasteiger partial charge in [0.2, 0.25) is 5.91 Å². The Bertz CT molecular complexity index is 1110. The fraction of sp³-hybridized carbons (Fsp3) is 0.483. The molecule has 0 spiro atoms. The van der Waals surface area contributed by atoms with Crippen molar-refractivity contribution in [3.8, 4) is 22.9 Å². The monoisotopic (exact) mass is 504 g/mol. The van der Waals surface area contributed by atoms with Crippen LogP contribution in [0.4, 0.5) is 4.79 Å². The lowest BCUT2D eigenvalue weighted by Gasteiger charge is -2.37. The number of rotatable bonds is 6. The second-order valence-electron chi connectivity index (χ2n) is 10.6. The number of ether oxygens (including phenoxy) is 2. The van der Waals surface area contributed by atoms with Crippen molar-refractivity contribution in [1.82, 2.24) is 14.7 Å². The number of piperazine rings is 1. The van der Waals surface area contributed by atoms with Crippen molar-refractivity contribution in [3.05, 3.63) is 54.1 Å². The smallest absolute Gasteiger partial charge is 0.410 e. The van der Waals surface area contributed by atoms with Gasteiger partial charge < -0.3 is 14.4 Å². The summed E-state index contributed by atoms with van der Waals surface area (Å²) in [4.78, 5) is 31.5. The lowest BCUT2D eigenvalue weighted by atomic mass is 10.0. The molecule has 2 saturated heterocycles. The van der Waals surface area contributed by atoms with Gasteiger partial charge >= 0.3 is 6.09 Å². The van der Waals surface area contributed by atoms with Crippen molar-refractivity contribution in [2.24, 2.45) is 0 Å². The second-order valence-corrected chi connectivity index (χ2v) is 10.6. The summed E-state index contributed by atoms with van der Waals surface area (Å²) in [6.45, 7) is 10.3. The van der Waals surface area contributed by atoms with Crippen LogP contribution in [0.5, 0.6) is 5.75 Å². The summed E-state index contributed by atoms with van der Waals surface area (Å²) in [5.41, 5.74) is 2.21. The van der Waals surface area contributed by atoms with Gasteiger partial charge in [-0.3, -0.25) is 14.6 Å². The molecule has 2 aliphatic rings. The predicted octanol–water partition coefficient (Wildman–Crippen LogP) is 4.15. The molecule has 8 heteroatoms. The average Bonchev–Trinajstić information content (AvgIpc) is 3.39. The number of amides is 2. The molecular formula is C29H36N4O4. The Hall–Kier alpha value is -3.57.